The van der Waals surface area contributed by atoms with Gasteiger partial charge in [0.1, 0.15) is 34.7 Å². The number of allylic oxidation sites excluding steroid dienone is 1. The minimum atomic E-state index is -0.317. The second-order valence-corrected chi connectivity index (χ2v) is 35.5. The zero-order valence-electron chi connectivity index (χ0n) is 70.1. The first kappa shape index (κ1) is 101. The smallest absolute Gasteiger partial charge is 0.168 e. The van der Waals surface area contributed by atoms with Crippen molar-refractivity contribution in [3.05, 3.63) is 192 Å². The molecule has 0 spiro atoms. The maximum atomic E-state index is 12.1. The molecular weight excluding hydrogens is 1260 g/mol. The molecule has 0 aliphatic rings. The predicted octanol–water partition coefficient (Wildman–Crippen LogP) is 24.4. The number of hydrogen-bond donors (Lipinski definition) is 0. The molecule has 10 heteroatoms. The number of carbonyl (C=O) groups excluding carboxylic acids is 9. The van der Waals surface area contributed by atoms with E-state index in [4.69, 9.17) is 0 Å². The Morgan fingerprint density at radius 1 is 0.363 bits per heavy atom. The molecule has 5 aromatic carbocycles. The number of fused-ring (bicyclic) bond motifs is 1. The second-order valence-electron chi connectivity index (χ2n) is 35.5. The van der Waals surface area contributed by atoms with Gasteiger partial charge in [-0.25, -0.2) is 0 Å². The number of nitrogens with zero attached hydrogens (tertiary/aromatic N) is 1. The summed E-state index contributed by atoms with van der Waals surface area (Å²) in [5.74, 6) is 3.01. The van der Waals surface area contributed by atoms with Gasteiger partial charge in [0.25, 0.3) is 0 Å². The zero-order chi connectivity index (χ0) is 80.6. The summed E-state index contributed by atoms with van der Waals surface area (Å²) in [6.45, 7) is 65.5. The first-order valence-corrected chi connectivity index (χ1v) is 36.0. The van der Waals surface area contributed by atoms with Gasteiger partial charge in [0.15, 0.2) is 17.3 Å². The quantitative estimate of drug-likeness (QED) is 0.0951. The fourth-order valence-corrected chi connectivity index (χ4v) is 7.20. The van der Waals surface area contributed by atoms with E-state index in [0.29, 0.717) is 48.3 Å². The maximum absolute atomic E-state index is 12.1. The van der Waals surface area contributed by atoms with Crippen molar-refractivity contribution in [3.8, 4) is 0 Å². The molecule has 1 aromatic heterocycles. The Bertz CT molecular complexity index is 3380. The van der Waals surface area contributed by atoms with Gasteiger partial charge in [-0.05, 0) is 65.9 Å². The first-order valence-electron chi connectivity index (χ1n) is 36.0. The number of Topliss-reactive ketones (excluding diaryl/α,β-unsaturated/α-hetero) is 8. The van der Waals surface area contributed by atoms with Crippen LogP contribution in [0.15, 0.2) is 170 Å². The molecule has 0 saturated heterocycles. The van der Waals surface area contributed by atoms with Crippen LogP contribution >= 0.6 is 0 Å². The van der Waals surface area contributed by atoms with Gasteiger partial charge in [0.05, 0.1) is 0 Å². The third kappa shape index (κ3) is 50.6. The van der Waals surface area contributed by atoms with Crippen LogP contribution in [0.4, 0.5) is 0 Å². The zero-order valence-corrected chi connectivity index (χ0v) is 70.1. The fraction of sp³-hybridized carbons (Fsp3) is 0.522. The number of aromatic nitrogens is 1. The van der Waals surface area contributed by atoms with Gasteiger partial charge < -0.3 is 0 Å². The Morgan fingerprint density at radius 3 is 0.990 bits per heavy atom. The number of pyridine rings is 1. The van der Waals surface area contributed by atoms with Gasteiger partial charge in [-0.2, -0.15) is 0 Å². The molecule has 6 rings (SSSR count). The molecule has 10 nitrogen and oxygen atoms in total. The van der Waals surface area contributed by atoms with Crippen LogP contribution in [0.1, 0.15) is 280 Å². The average Bonchev–Trinajstić information content (AvgIpc) is 0.823. The maximum Gasteiger partial charge on any atom is 0.168 e. The highest BCUT2D eigenvalue weighted by atomic mass is 16.2. The molecule has 0 atom stereocenters. The van der Waals surface area contributed by atoms with E-state index in [0.717, 1.165) is 27.6 Å². The molecule has 0 aliphatic carbocycles. The average molecular weight is 1400 g/mol. The number of hydrogen-bond acceptors (Lipinski definition) is 10. The summed E-state index contributed by atoms with van der Waals surface area (Å²) in [5, 5.41) is 2.30. The Balaban J connectivity index is -0.000000531. The van der Waals surface area contributed by atoms with Gasteiger partial charge in [-0.1, -0.05) is 361 Å². The van der Waals surface area contributed by atoms with E-state index in [1.807, 2.05) is 359 Å². The van der Waals surface area contributed by atoms with Crippen molar-refractivity contribution in [1.82, 2.24) is 4.98 Å². The van der Waals surface area contributed by atoms with Crippen LogP contribution in [0.5, 0.6) is 0 Å². The summed E-state index contributed by atoms with van der Waals surface area (Å²) in [4.78, 5) is 105. The van der Waals surface area contributed by atoms with Crippen LogP contribution in [-0.4, -0.2) is 57.0 Å². The Morgan fingerprint density at radius 2 is 0.716 bits per heavy atom. The molecule has 0 N–H and O–H groups in total. The van der Waals surface area contributed by atoms with E-state index in [2.05, 4.69) is 24.9 Å². The molecule has 0 radical (unpaired) electrons. The SMILES string of the molecule is CC(=O)C(C)(C)C.CC(=O)C(C)(C)C.CC(C)(C)C(=O)/C=C/c1ccccc1.CC(C)(C)C(=O)Cc1ccccc1.CC(C)(C)C(=O)c1ccc2ccccc2c1.CC(C)(C)C(=O)c1ccccc1.CC(C)C(=O)C(C)(C)C.CC(C)CC(=O)C(C)(C)C.CCC(=O)C(C)(C)C.c1ccncc1. The highest BCUT2D eigenvalue weighted by Gasteiger charge is 2.26. The van der Waals surface area contributed by atoms with Crippen LogP contribution < -0.4 is 0 Å². The predicted molar refractivity (Wildman–Crippen MR) is 435 cm³/mol. The number of rotatable bonds is 10. The number of carbonyl (C=O) groups is 9. The number of benzene rings is 5. The molecule has 0 aliphatic heterocycles. The highest BCUT2D eigenvalue weighted by Crippen LogP contribution is 2.26. The van der Waals surface area contributed by atoms with Gasteiger partial charge in [-0.3, -0.25) is 48.1 Å². The molecule has 0 fully saturated rings. The van der Waals surface area contributed by atoms with E-state index in [9.17, 15) is 43.2 Å². The molecule has 0 unspecified atom stereocenters. The van der Waals surface area contributed by atoms with Gasteiger partial charge in [0, 0.05) is 97.4 Å². The molecule has 102 heavy (non-hydrogen) atoms. The van der Waals surface area contributed by atoms with Crippen LogP contribution in [-0.2, 0) is 40.0 Å². The first-order chi connectivity index (χ1) is 46.1. The fourth-order valence-electron chi connectivity index (χ4n) is 7.20. The van der Waals surface area contributed by atoms with Crippen molar-refractivity contribution >= 4 is 68.9 Å². The molecule has 0 saturated carbocycles. The van der Waals surface area contributed by atoms with Crippen molar-refractivity contribution < 1.29 is 43.2 Å². The summed E-state index contributed by atoms with van der Waals surface area (Å²) in [7, 11) is 0. The van der Waals surface area contributed by atoms with Gasteiger partial charge >= 0.3 is 0 Å². The van der Waals surface area contributed by atoms with Crippen molar-refractivity contribution in [2.24, 2.45) is 60.6 Å². The van der Waals surface area contributed by atoms with Crippen molar-refractivity contribution in [2.45, 2.75) is 255 Å². The van der Waals surface area contributed by atoms with E-state index in [-0.39, 0.29) is 83.6 Å². The summed E-state index contributed by atoms with van der Waals surface area (Å²) in [6.07, 6.45) is 8.92. The molecule has 1 heterocycles. The second kappa shape index (κ2) is 46.8. The Hall–Kier alpha value is -7.72. The van der Waals surface area contributed by atoms with Crippen LogP contribution in [0.3, 0.4) is 0 Å². The lowest BCUT2D eigenvalue weighted by atomic mass is 9.85. The number of ketones is 9. The van der Waals surface area contributed by atoms with E-state index >= 15 is 0 Å². The van der Waals surface area contributed by atoms with Crippen LogP contribution in [0, 0.1) is 60.6 Å². The molecule has 0 bridgehead atoms. The van der Waals surface area contributed by atoms with Crippen molar-refractivity contribution in [2.75, 3.05) is 0 Å². The summed E-state index contributed by atoms with van der Waals surface area (Å²) < 4.78 is 0. The largest absolute Gasteiger partial charge is 0.299 e. The molecular formula is C92H139NO9. The van der Waals surface area contributed by atoms with Crippen LogP contribution in [0.2, 0.25) is 0 Å². The standard InChI is InChI=1S/C15H16O.C13H16O.C12H16O.C11H14O.C9H18O.C8H16O.C7H14O.2C6H12O.C5H5N/c1-15(2,3)14(16)13-9-8-11-6-4-5-7-12(11)10-13;1-13(2,3)12(14)10-9-11-7-5-4-6-8-11;1-12(2,3)11(13)9-10-7-5-4-6-8-10;1-11(2,3)10(12)9-7-5-4-6-8-9;1-7(2)6-8(10)9(3,4)5;1-6(2)7(9)8(3,4)5;1-5-6(8)7(2,3)4;2*1-5(7)6(2,3)4;1-2-4-6-5-3-1/h4-10H,1-3H3;4-10H,1-3H3;4-8H,9H2,1-3H3;4-8H,1-3H3;7H,6H2,1-5H3;6H,1-5H3;5H2,1-4H3;2*1-4H3;1-5H/b;10-9+;;;;;;;;. The Kier molecular flexibility index (Phi) is 46.2. The minimum Gasteiger partial charge on any atom is -0.299 e. The van der Waals surface area contributed by atoms with Gasteiger partial charge in [-0.15, -0.1) is 0 Å². The minimum absolute atomic E-state index is 0.130. The van der Waals surface area contributed by atoms with E-state index in [1.165, 1.54) is 5.39 Å². The van der Waals surface area contributed by atoms with Crippen molar-refractivity contribution in [3.63, 3.8) is 0 Å². The van der Waals surface area contributed by atoms with Gasteiger partial charge in [0.2, 0.25) is 0 Å². The normalized spacial score (nSPS) is 11.5. The molecule has 566 valence electrons. The third-order valence-corrected chi connectivity index (χ3v) is 15.0. The summed E-state index contributed by atoms with van der Waals surface area (Å²) in [5.41, 5.74) is 1.93. The molecule has 0 amide bonds. The van der Waals surface area contributed by atoms with E-state index < -0.39 is 0 Å². The monoisotopic (exact) mass is 1400 g/mol. The van der Waals surface area contributed by atoms with Crippen molar-refractivity contribution in [1.29, 1.82) is 0 Å². The molecule has 6 aromatic rings. The summed E-state index contributed by atoms with van der Waals surface area (Å²) in [6, 6.07) is 48.8. The highest BCUT2D eigenvalue weighted by molar-refractivity contribution is 6.03. The van der Waals surface area contributed by atoms with Crippen LogP contribution in [0.25, 0.3) is 16.8 Å². The van der Waals surface area contributed by atoms with E-state index in [1.54, 1.807) is 32.3 Å². The lowest BCUT2D eigenvalue weighted by molar-refractivity contribution is -0.129. The lowest BCUT2D eigenvalue weighted by Crippen LogP contribution is -2.24. The lowest BCUT2D eigenvalue weighted by Gasteiger charge is -2.18. The summed E-state index contributed by atoms with van der Waals surface area (Å²) >= 11 is 0. The topological polar surface area (TPSA) is 167 Å². The Labute approximate surface area is 621 Å². The third-order valence-electron chi connectivity index (χ3n) is 15.0.